The molecule has 0 fully saturated rings. The summed E-state index contributed by atoms with van der Waals surface area (Å²) in [4.78, 5) is 8.36. The molecule has 4 nitrogen and oxygen atoms in total. The van der Waals surface area contributed by atoms with Gasteiger partial charge in [0.1, 0.15) is 0 Å². The smallest absolute Gasteiger partial charge is 0.328 e. The van der Waals surface area contributed by atoms with Gasteiger partial charge < -0.3 is 5.21 Å². The summed E-state index contributed by atoms with van der Waals surface area (Å²) in [6.45, 7) is 0. The summed E-state index contributed by atoms with van der Waals surface area (Å²) in [5.41, 5.74) is 0. The van der Waals surface area contributed by atoms with E-state index in [0.717, 1.165) is 0 Å². The summed E-state index contributed by atoms with van der Waals surface area (Å²) in [6.07, 6.45) is 0. The van der Waals surface area contributed by atoms with Gasteiger partial charge in [-0.3, -0.25) is 0 Å². The summed E-state index contributed by atoms with van der Waals surface area (Å²) in [5.74, 6) is 0. The third-order valence-electron chi connectivity index (χ3n) is 0. The Labute approximate surface area is 44.0 Å². The summed E-state index contributed by atoms with van der Waals surface area (Å²) < 4.78 is 0. The van der Waals surface area contributed by atoms with E-state index < -0.39 is 5.09 Å². The maximum atomic E-state index is 8.36. The van der Waals surface area contributed by atoms with Crippen molar-refractivity contribution in [1.82, 2.24) is 0 Å². The molecule has 0 saturated heterocycles. The first-order valence-corrected chi connectivity index (χ1v) is 0.565. The van der Waals surface area contributed by atoms with Crippen molar-refractivity contribution in [2.45, 2.75) is 0 Å². The van der Waals surface area contributed by atoms with Crippen molar-refractivity contribution in [3.05, 3.63) is 10.1 Å². The van der Waals surface area contributed by atoms with Gasteiger partial charge in [-0.25, -0.2) is 0 Å². The van der Waals surface area contributed by atoms with Crippen molar-refractivity contribution in [2.24, 2.45) is 0 Å². The van der Waals surface area contributed by atoms with Crippen LogP contribution in [0.1, 0.15) is 0 Å². The van der Waals surface area contributed by atoms with Crippen molar-refractivity contribution in [3.63, 3.8) is 0 Å². The molecule has 0 rings (SSSR count). The molecular formula is HMgNO3+2. The second kappa shape index (κ2) is 3.97. The summed E-state index contributed by atoms with van der Waals surface area (Å²) in [7, 11) is 0. The summed E-state index contributed by atoms with van der Waals surface area (Å²) in [6, 6.07) is 0. The van der Waals surface area contributed by atoms with E-state index in [1.165, 1.54) is 0 Å². The first kappa shape index (κ1) is 8.88. The van der Waals surface area contributed by atoms with E-state index in [1.54, 1.807) is 0 Å². The van der Waals surface area contributed by atoms with E-state index in [9.17, 15) is 0 Å². The molecule has 0 atom stereocenters. The van der Waals surface area contributed by atoms with Crippen LogP contribution in [0.4, 0.5) is 0 Å². The van der Waals surface area contributed by atoms with Crippen LogP contribution in [0.5, 0.6) is 0 Å². The van der Waals surface area contributed by atoms with Crippen molar-refractivity contribution >= 4 is 23.1 Å². The normalized spacial score (nSPS) is 4.80. The van der Waals surface area contributed by atoms with E-state index in [2.05, 4.69) is 0 Å². The van der Waals surface area contributed by atoms with Gasteiger partial charge >= 0.3 is 23.1 Å². The molecule has 0 heterocycles. The van der Waals surface area contributed by atoms with Crippen LogP contribution in [-0.2, 0) is 0 Å². The van der Waals surface area contributed by atoms with E-state index in [-0.39, 0.29) is 23.1 Å². The molecule has 1 N–H and O–H groups in total. The number of hydrogen-bond donors (Lipinski definition) is 1. The average molecular weight is 87.3 g/mol. The van der Waals surface area contributed by atoms with Crippen LogP contribution in [0, 0.1) is 10.1 Å². The molecule has 0 aliphatic heterocycles. The van der Waals surface area contributed by atoms with Crippen molar-refractivity contribution < 1.29 is 10.3 Å². The van der Waals surface area contributed by atoms with Crippen molar-refractivity contribution in [2.75, 3.05) is 0 Å². The minimum atomic E-state index is -1.50. The molecule has 0 radical (unpaired) electrons. The maximum absolute atomic E-state index is 8.36. The van der Waals surface area contributed by atoms with Gasteiger partial charge in [-0.15, -0.1) is 10.1 Å². The molecule has 24 valence electrons. The van der Waals surface area contributed by atoms with E-state index in [1.807, 2.05) is 0 Å². The number of nitrogens with zero attached hydrogens (tertiary/aromatic N) is 1. The fourth-order valence-corrected chi connectivity index (χ4v) is 0. The molecular weight excluding hydrogens is 86.3 g/mol. The molecule has 0 aliphatic carbocycles. The topological polar surface area (TPSA) is 63.4 Å². The van der Waals surface area contributed by atoms with Gasteiger partial charge in [0, 0.05) is 0 Å². The molecule has 5 heavy (non-hydrogen) atoms. The van der Waals surface area contributed by atoms with Gasteiger partial charge in [0.25, 0.3) is 5.09 Å². The molecule has 0 saturated carbocycles. The van der Waals surface area contributed by atoms with Gasteiger partial charge in [-0.05, 0) is 0 Å². The Kier molecular flexibility index (Phi) is 7.04. The standard InChI is InChI=1S/Mg.HNO3/c;2-1(3)4/h;(H,2,3,4)/q+2;. The van der Waals surface area contributed by atoms with Crippen LogP contribution in [0.2, 0.25) is 0 Å². The molecule has 0 aromatic rings. The Morgan fingerprint density at radius 1 is 1.80 bits per heavy atom. The van der Waals surface area contributed by atoms with E-state index >= 15 is 0 Å². The van der Waals surface area contributed by atoms with E-state index in [4.69, 9.17) is 15.3 Å². The van der Waals surface area contributed by atoms with E-state index in [0.29, 0.717) is 0 Å². The Morgan fingerprint density at radius 3 is 1.80 bits per heavy atom. The zero-order valence-corrected chi connectivity index (χ0v) is 3.83. The van der Waals surface area contributed by atoms with Crippen LogP contribution in [0.3, 0.4) is 0 Å². The zero-order valence-electron chi connectivity index (χ0n) is 2.42. The molecule has 0 unspecified atom stereocenters. The Hall–Kier alpha value is -0.0338. The number of rotatable bonds is 0. The van der Waals surface area contributed by atoms with Crippen LogP contribution in [0.15, 0.2) is 0 Å². The minimum Gasteiger partial charge on any atom is -0.328 e. The van der Waals surface area contributed by atoms with Gasteiger partial charge in [0.05, 0.1) is 0 Å². The third-order valence-corrected chi connectivity index (χ3v) is 0. The molecule has 0 aromatic heterocycles. The quantitative estimate of drug-likeness (QED) is 0.241. The Balaban J connectivity index is 0. The zero-order chi connectivity index (χ0) is 3.58. The fourth-order valence-electron chi connectivity index (χ4n) is 0. The SMILES string of the molecule is O=[N+]([O-])O.[Mg+2]. The van der Waals surface area contributed by atoms with Gasteiger partial charge in [0.15, 0.2) is 0 Å². The average Bonchev–Trinajstić information content (AvgIpc) is 0.811. The molecule has 0 spiro atoms. The Morgan fingerprint density at radius 2 is 1.80 bits per heavy atom. The van der Waals surface area contributed by atoms with Gasteiger partial charge in [-0.1, -0.05) is 0 Å². The number of hydrogen-bond acceptors (Lipinski definition) is 2. The van der Waals surface area contributed by atoms with Gasteiger partial charge in [0.2, 0.25) is 0 Å². The second-order valence-corrected chi connectivity index (χ2v) is 0.238. The Bertz CT molecular complexity index is 29.9. The molecule has 0 amide bonds. The van der Waals surface area contributed by atoms with Crippen LogP contribution in [-0.4, -0.2) is 33.3 Å². The third kappa shape index (κ3) is 13400. The summed E-state index contributed by atoms with van der Waals surface area (Å²) >= 11 is 0. The minimum absolute atomic E-state index is 0. The second-order valence-electron chi connectivity index (χ2n) is 0.238. The monoisotopic (exact) mass is 87.0 g/mol. The molecule has 0 aromatic carbocycles. The van der Waals surface area contributed by atoms with Crippen LogP contribution in [0.25, 0.3) is 0 Å². The first-order valence-electron chi connectivity index (χ1n) is 0.565. The molecule has 0 bridgehead atoms. The fraction of sp³-hybridized carbons (Fsp3) is 0. The van der Waals surface area contributed by atoms with Crippen LogP contribution < -0.4 is 0 Å². The van der Waals surface area contributed by atoms with Crippen molar-refractivity contribution in [3.8, 4) is 0 Å². The van der Waals surface area contributed by atoms with Gasteiger partial charge in [-0.2, -0.15) is 0 Å². The van der Waals surface area contributed by atoms with Crippen LogP contribution >= 0.6 is 0 Å². The first-order chi connectivity index (χ1) is 1.73. The maximum Gasteiger partial charge on any atom is 2.00 e. The molecule has 0 aliphatic rings. The van der Waals surface area contributed by atoms with Crippen molar-refractivity contribution in [1.29, 1.82) is 0 Å². The predicted octanol–water partition coefficient (Wildman–Crippen LogP) is -0.729. The largest absolute Gasteiger partial charge is 2.00 e. The summed E-state index contributed by atoms with van der Waals surface area (Å²) in [5, 5.41) is 13.6. The predicted molar refractivity (Wildman–Crippen MR) is 14.5 cm³/mol. The molecule has 5 heteroatoms.